The van der Waals surface area contributed by atoms with Crippen molar-refractivity contribution in [3.8, 4) is 0 Å². The Hall–Kier alpha value is -2.48. The van der Waals surface area contributed by atoms with Crippen LogP contribution in [0, 0.1) is 0 Å². The van der Waals surface area contributed by atoms with Gasteiger partial charge in [-0.1, -0.05) is 0 Å². The lowest BCUT2D eigenvalue weighted by atomic mass is 10.1. The minimum Gasteiger partial charge on any atom is -0.361 e. The van der Waals surface area contributed by atoms with Gasteiger partial charge in [0.1, 0.15) is 0 Å². The lowest BCUT2D eigenvalue weighted by molar-refractivity contribution is 0.236. The van der Waals surface area contributed by atoms with E-state index in [4.69, 9.17) is 0 Å². The molecule has 0 bridgehead atoms. The molecule has 0 spiro atoms. The highest BCUT2D eigenvalue weighted by atomic mass is 16.2. The summed E-state index contributed by atoms with van der Waals surface area (Å²) in [6.07, 6.45) is 2.05. The number of rotatable bonds is 4. The van der Waals surface area contributed by atoms with E-state index in [1.807, 2.05) is 31.1 Å². The SMILES string of the molecule is CN(C)c1ccc(C2CCCN2Cc2cc(=O)n(C)c(=O)n2C)nn1. The summed E-state index contributed by atoms with van der Waals surface area (Å²) < 4.78 is 2.66. The van der Waals surface area contributed by atoms with Crippen LogP contribution in [0.15, 0.2) is 27.8 Å². The molecule has 2 aromatic rings. The van der Waals surface area contributed by atoms with Crippen LogP contribution in [0.5, 0.6) is 0 Å². The van der Waals surface area contributed by atoms with E-state index in [-0.39, 0.29) is 17.3 Å². The Morgan fingerprint density at radius 2 is 1.92 bits per heavy atom. The van der Waals surface area contributed by atoms with E-state index >= 15 is 0 Å². The zero-order chi connectivity index (χ0) is 18.1. The highest BCUT2D eigenvalue weighted by Gasteiger charge is 2.28. The van der Waals surface area contributed by atoms with E-state index in [0.29, 0.717) is 6.54 Å². The first-order valence-electron chi connectivity index (χ1n) is 8.39. The largest absolute Gasteiger partial charge is 0.361 e. The summed E-state index contributed by atoms with van der Waals surface area (Å²) in [7, 11) is 7.06. The Kier molecular flexibility index (Phi) is 4.71. The number of likely N-dealkylation sites (tertiary alicyclic amines) is 1. The minimum absolute atomic E-state index is 0.155. The van der Waals surface area contributed by atoms with Gasteiger partial charge in [-0.15, -0.1) is 5.10 Å². The minimum atomic E-state index is -0.298. The molecule has 134 valence electrons. The molecule has 25 heavy (non-hydrogen) atoms. The summed E-state index contributed by atoms with van der Waals surface area (Å²) in [6.45, 7) is 1.45. The number of aromatic nitrogens is 4. The molecule has 1 saturated heterocycles. The molecular weight excluding hydrogens is 320 g/mol. The fraction of sp³-hybridized carbons (Fsp3) is 0.529. The monoisotopic (exact) mass is 344 g/mol. The Bertz CT molecular complexity index is 868. The summed E-state index contributed by atoms with van der Waals surface area (Å²) >= 11 is 0. The number of hydrogen-bond donors (Lipinski definition) is 0. The van der Waals surface area contributed by atoms with Crippen molar-refractivity contribution in [2.24, 2.45) is 14.1 Å². The first kappa shape index (κ1) is 17.3. The van der Waals surface area contributed by atoms with Crippen molar-refractivity contribution in [3.05, 3.63) is 50.4 Å². The van der Waals surface area contributed by atoms with Crippen molar-refractivity contribution >= 4 is 5.82 Å². The third-order valence-electron chi connectivity index (χ3n) is 4.82. The summed E-state index contributed by atoms with van der Waals surface area (Å²) in [5.74, 6) is 0.822. The zero-order valence-corrected chi connectivity index (χ0v) is 15.1. The van der Waals surface area contributed by atoms with Gasteiger partial charge in [0.05, 0.1) is 11.7 Å². The lowest BCUT2D eigenvalue weighted by Gasteiger charge is -2.25. The first-order valence-corrected chi connectivity index (χ1v) is 8.39. The molecule has 0 saturated carbocycles. The summed E-state index contributed by atoms with van der Waals surface area (Å²) in [6, 6.07) is 5.67. The maximum absolute atomic E-state index is 12.1. The normalized spacial score (nSPS) is 17.8. The van der Waals surface area contributed by atoms with Crippen molar-refractivity contribution < 1.29 is 0 Å². The van der Waals surface area contributed by atoms with Crippen LogP contribution in [0.25, 0.3) is 0 Å². The molecule has 0 amide bonds. The molecule has 1 atom stereocenters. The molecule has 3 heterocycles. The first-order chi connectivity index (χ1) is 11.9. The van der Waals surface area contributed by atoms with E-state index < -0.39 is 0 Å². The maximum atomic E-state index is 12.1. The van der Waals surface area contributed by atoms with Crippen molar-refractivity contribution in [2.45, 2.75) is 25.4 Å². The highest BCUT2D eigenvalue weighted by Crippen LogP contribution is 2.31. The molecule has 1 fully saturated rings. The van der Waals surface area contributed by atoms with E-state index in [9.17, 15) is 9.59 Å². The molecule has 1 aliphatic heterocycles. The third-order valence-corrected chi connectivity index (χ3v) is 4.82. The topological polar surface area (TPSA) is 76.3 Å². The smallest absolute Gasteiger partial charge is 0.330 e. The van der Waals surface area contributed by atoms with Crippen molar-refractivity contribution in [3.63, 3.8) is 0 Å². The van der Waals surface area contributed by atoms with Crippen LogP contribution in [-0.2, 0) is 20.6 Å². The molecule has 0 radical (unpaired) electrons. The number of anilines is 1. The van der Waals surface area contributed by atoms with Crippen molar-refractivity contribution in [1.29, 1.82) is 0 Å². The van der Waals surface area contributed by atoms with Gasteiger partial charge in [0.2, 0.25) is 0 Å². The molecule has 3 rings (SSSR count). The third kappa shape index (κ3) is 3.34. The second-order valence-corrected chi connectivity index (χ2v) is 6.71. The standard InChI is InChI=1S/C17H24N6O2/c1-20(2)15-8-7-13(18-19-15)14-6-5-9-23(14)11-12-10-16(24)22(4)17(25)21(12)3/h7-8,10,14H,5-6,9,11H2,1-4H3. The van der Waals surface area contributed by atoms with Crippen LogP contribution in [0.2, 0.25) is 0 Å². The Balaban J connectivity index is 1.85. The predicted molar refractivity (Wildman–Crippen MR) is 95.7 cm³/mol. The number of nitrogens with zero attached hydrogens (tertiary/aromatic N) is 6. The maximum Gasteiger partial charge on any atom is 0.330 e. The summed E-state index contributed by atoms with van der Waals surface area (Å²) in [5, 5.41) is 8.64. The van der Waals surface area contributed by atoms with Crippen LogP contribution in [0.1, 0.15) is 30.3 Å². The van der Waals surface area contributed by atoms with Crippen LogP contribution in [0.3, 0.4) is 0 Å². The van der Waals surface area contributed by atoms with Gasteiger partial charge in [0.25, 0.3) is 5.56 Å². The van der Waals surface area contributed by atoms with Crippen molar-refractivity contribution in [2.75, 3.05) is 25.5 Å². The molecule has 0 aliphatic carbocycles. The molecule has 1 unspecified atom stereocenters. The molecule has 8 nitrogen and oxygen atoms in total. The fourth-order valence-corrected chi connectivity index (χ4v) is 3.24. The predicted octanol–water partition coefficient (Wildman–Crippen LogP) is 0.277. The quantitative estimate of drug-likeness (QED) is 0.793. The lowest BCUT2D eigenvalue weighted by Crippen LogP contribution is -2.39. The molecule has 2 aromatic heterocycles. The van der Waals surface area contributed by atoms with Gasteiger partial charge in [0, 0.05) is 46.5 Å². The van der Waals surface area contributed by atoms with Gasteiger partial charge in [-0.05, 0) is 31.5 Å². The molecule has 0 N–H and O–H groups in total. The average Bonchev–Trinajstić information content (AvgIpc) is 3.06. The van der Waals surface area contributed by atoms with Crippen LogP contribution >= 0.6 is 0 Å². The van der Waals surface area contributed by atoms with Gasteiger partial charge < -0.3 is 4.90 Å². The van der Waals surface area contributed by atoms with Gasteiger partial charge >= 0.3 is 5.69 Å². The van der Waals surface area contributed by atoms with E-state index in [1.165, 1.54) is 17.7 Å². The van der Waals surface area contributed by atoms with Gasteiger partial charge in [-0.3, -0.25) is 18.8 Å². The molecular formula is C17H24N6O2. The second kappa shape index (κ2) is 6.79. The van der Waals surface area contributed by atoms with E-state index in [0.717, 1.165) is 41.2 Å². The van der Waals surface area contributed by atoms with Crippen molar-refractivity contribution in [1.82, 2.24) is 24.2 Å². The van der Waals surface area contributed by atoms with Gasteiger partial charge in [0.15, 0.2) is 5.82 Å². The van der Waals surface area contributed by atoms with Crippen LogP contribution in [0.4, 0.5) is 5.82 Å². The van der Waals surface area contributed by atoms with Crippen LogP contribution < -0.4 is 16.1 Å². The fourth-order valence-electron chi connectivity index (χ4n) is 3.24. The number of hydrogen-bond acceptors (Lipinski definition) is 6. The Labute approximate surface area is 146 Å². The second-order valence-electron chi connectivity index (χ2n) is 6.71. The van der Waals surface area contributed by atoms with Crippen LogP contribution in [-0.4, -0.2) is 44.9 Å². The average molecular weight is 344 g/mol. The Morgan fingerprint density at radius 1 is 1.16 bits per heavy atom. The zero-order valence-electron chi connectivity index (χ0n) is 15.1. The molecule has 8 heteroatoms. The van der Waals surface area contributed by atoms with E-state index in [1.54, 1.807) is 7.05 Å². The highest BCUT2D eigenvalue weighted by molar-refractivity contribution is 5.35. The summed E-state index contributed by atoms with van der Waals surface area (Å²) in [5.41, 5.74) is 1.08. The molecule has 1 aliphatic rings. The Morgan fingerprint density at radius 3 is 2.56 bits per heavy atom. The van der Waals surface area contributed by atoms with Gasteiger partial charge in [-0.25, -0.2) is 4.79 Å². The van der Waals surface area contributed by atoms with E-state index in [2.05, 4.69) is 15.1 Å². The molecule has 0 aromatic carbocycles. The summed E-state index contributed by atoms with van der Waals surface area (Å²) in [4.78, 5) is 28.2. The van der Waals surface area contributed by atoms with Gasteiger partial charge in [-0.2, -0.15) is 5.10 Å².